The Balaban J connectivity index is 1.36. The second kappa shape index (κ2) is 9.43. The second-order valence-electron chi connectivity index (χ2n) is 8.68. The average molecular weight is 472 g/mol. The third-order valence-electron chi connectivity index (χ3n) is 6.69. The largest absolute Gasteiger partial charge is 0.493 e. The molecule has 4 amide bonds. The fourth-order valence-electron chi connectivity index (χ4n) is 4.68. The van der Waals surface area contributed by atoms with Crippen LogP contribution in [0.4, 0.5) is 4.79 Å². The number of benzene rings is 1. The zero-order chi connectivity index (χ0) is 23.6. The quantitative estimate of drug-likeness (QED) is 0.627. The Morgan fingerprint density at radius 3 is 2.48 bits per heavy atom. The van der Waals surface area contributed by atoms with Crippen molar-refractivity contribution in [3.63, 3.8) is 0 Å². The molecule has 4 rings (SSSR count). The molecule has 2 aliphatic heterocycles. The zero-order valence-electron chi connectivity index (χ0n) is 19.1. The van der Waals surface area contributed by atoms with Crippen LogP contribution >= 0.6 is 11.3 Å². The van der Waals surface area contributed by atoms with Gasteiger partial charge in [0.15, 0.2) is 11.5 Å². The number of piperidine rings is 1. The number of hydrogen-bond donors (Lipinski definition) is 1. The van der Waals surface area contributed by atoms with Crippen molar-refractivity contribution >= 4 is 29.2 Å². The zero-order valence-corrected chi connectivity index (χ0v) is 19.9. The molecule has 1 aromatic carbocycles. The molecule has 8 nitrogen and oxygen atoms in total. The molecule has 3 heterocycles. The van der Waals surface area contributed by atoms with Crippen LogP contribution in [0.5, 0.6) is 11.5 Å². The number of hydrogen-bond acceptors (Lipinski definition) is 6. The molecule has 2 saturated heterocycles. The summed E-state index contributed by atoms with van der Waals surface area (Å²) < 4.78 is 10.6. The van der Waals surface area contributed by atoms with E-state index in [1.807, 2.05) is 40.8 Å². The Labute approximate surface area is 197 Å². The van der Waals surface area contributed by atoms with Crippen LogP contribution in [0.1, 0.15) is 30.9 Å². The van der Waals surface area contributed by atoms with Crippen molar-refractivity contribution in [1.29, 1.82) is 0 Å². The van der Waals surface area contributed by atoms with Crippen LogP contribution in [0.2, 0.25) is 0 Å². The molecule has 1 atom stereocenters. The second-order valence-corrected chi connectivity index (χ2v) is 9.46. The number of ether oxygens (including phenoxy) is 2. The van der Waals surface area contributed by atoms with Gasteiger partial charge in [0.05, 0.1) is 27.2 Å². The average Bonchev–Trinajstić information content (AvgIpc) is 3.42. The third-order valence-corrected chi connectivity index (χ3v) is 7.42. The van der Waals surface area contributed by atoms with Gasteiger partial charge in [-0.15, -0.1) is 0 Å². The van der Waals surface area contributed by atoms with Crippen molar-refractivity contribution in [1.82, 2.24) is 15.1 Å². The van der Waals surface area contributed by atoms with E-state index in [1.54, 1.807) is 31.6 Å². The normalized spacial score (nSPS) is 21.3. The molecule has 2 fully saturated rings. The first-order valence-corrected chi connectivity index (χ1v) is 11.9. The van der Waals surface area contributed by atoms with Gasteiger partial charge in [-0.05, 0) is 65.8 Å². The Bertz CT molecular complexity index is 1030. The van der Waals surface area contributed by atoms with E-state index in [-0.39, 0.29) is 36.7 Å². The van der Waals surface area contributed by atoms with E-state index in [0.29, 0.717) is 37.4 Å². The van der Waals surface area contributed by atoms with Crippen LogP contribution in [0.15, 0.2) is 35.0 Å². The van der Waals surface area contributed by atoms with Crippen molar-refractivity contribution in [3.05, 3.63) is 46.2 Å². The molecule has 0 aliphatic carbocycles. The van der Waals surface area contributed by atoms with Crippen molar-refractivity contribution in [2.24, 2.45) is 5.92 Å². The molecule has 0 spiro atoms. The maximum absolute atomic E-state index is 13.2. The third kappa shape index (κ3) is 4.55. The van der Waals surface area contributed by atoms with Crippen LogP contribution in [0.3, 0.4) is 0 Å². The van der Waals surface area contributed by atoms with E-state index in [1.165, 1.54) is 4.90 Å². The summed E-state index contributed by atoms with van der Waals surface area (Å²) in [6, 6.07) is 7.05. The minimum absolute atomic E-state index is 0.0217. The van der Waals surface area contributed by atoms with Gasteiger partial charge in [0.25, 0.3) is 5.91 Å². The summed E-state index contributed by atoms with van der Waals surface area (Å²) in [4.78, 5) is 41.8. The number of thiophene rings is 1. The summed E-state index contributed by atoms with van der Waals surface area (Å²) in [5, 5.41) is 6.81. The highest BCUT2D eigenvalue weighted by molar-refractivity contribution is 7.07. The molecule has 0 bridgehead atoms. The lowest BCUT2D eigenvalue weighted by atomic mass is 9.78. The molecule has 33 heavy (non-hydrogen) atoms. The molecule has 0 saturated carbocycles. The van der Waals surface area contributed by atoms with E-state index >= 15 is 0 Å². The van der Waals surface area contributed by atoms with Gasteiger partial charge < -0.3 is 19.7 Å². The van der Waals surface area contributed by atoms with Crippen molar-refractivity contribution in [3.8, 4) is 11.5 Å². The smallest absolute Gasteiger partial charge is 0.325 e. The first-order chi connectivity index (χ1) is 15.9. The van der Waals surface area contributed by atoms with Gasteiger partial charge in [0.1, 0.15) is 5.54 Å². The molecule has 0 unspecified atom stereocenters. The predicted octanol–water partition coefficient (Wildman–Crippen LogP) is 3.06. The lowest BCUT2D eigenvalue weighted by Gasteiger charge is -2.39. The molecular formula is C24H29N3O5S. The Morgan fingerprint density at radius 2 is 1.85 bits per heavy atom. The van der Waals surface area contributed by atoms with E-state index in [0.717, 1.165) is 11.1 Å². The fraction of sp³-hybridized carbons (Fsp3) is 0.458. The minimum atomic E-state index is -0.939. The Morgan fingerprint density at radius 1 is 1.12 bits per heavy atom. The standard InChI is InChI=1S/C24H29N3O5S/c1-24(22(29)27(23(30)25-24)14-17-8-11-33-15-17)18-6-9-26(10-7-18)21(28)13-16-4-5-19(31-2)20(12-16)32-3/h4-5,8,11-12,15,18H,6-7,9-10,13-14H2,1-3H3,(H,25,30)/t24-/m0/s1. The highest BCUT2D eigenvalue weighted by Gasteiger charge is 2.52. The van der Waals surface area contributed by atoms with E-state index < -0.39 is 5.54 Å². The van der Waals surface area contributed by atoms with Gasteiger partial charge >= 0.3 is 6.03 Å². The topological polar surface area (TPSA) is 88.2 Å². The van der Waals surface area contributed by atoms with Gasteiger partial charge in [-0.3, -0.25) is 14.5 Å². The number of nitrogens with zero attached hydrogens (tertiary/aromatic N) is 2. The number of carbonyl (C=O) groups is 3. The summed E-state index contributed by atoms with van der Waals surface area (Å²) in [5.74, 6) is 1.04. The van der Waals surface area contributed by atoms with Gasteiger partial charge in [-0.25, -0.2) is 4.79 Å². The van der Waals surface area contributed by atoms with Gasteiger partial charge in [0, 0.05) is 13.1 Å². The molecule has 1 N–H and O–H groups in total. The number of rotatable bonds is 7. The lowest BCUT2D eigenvalue weighted by molar-refractivity contribution is -0.135. The predicted molar refractivity (Wildman–Crippen MR) is 124 cm³/mol. The highest BCUT2D eigenvalue weighted by atomic mass is 32.1. The first kappa shape index (κ1) is 23.1. The molecule has 2 aliphatic rings. The van der Waals surface area contributed by atoms with Gasteiger partial charge in [0.2, 0.25) is 5.91 Å². The number of urea groups is 1. The maximum Gasteiger partial charge on any atom is 0.325 e. The summed E-state index contributed by atoms with van der Waals surface area (Å²) in [6.45, 7) is 3.21. The lowest BCUT2D eigenvalue weighted by Crippen LogP contribution is -2.54. The van der Waals surface area contributed by atoms with Gasteiger partial charge in [-0.2, -0.15) is 11.3 Å². The van der Waals surface area contributed by atoms with Crippen molar-refractivity contribution in [2.45, 2.75) is 38.3 Å². The minimum Gasteiger partial charge on any atom is -0.493 e. The van der Waals surface area contributed by atoms with Crippen molar-refractivity contribution in [2.75, 3.05) is 27.3 Å². The number of methoxy groups -OCH3 is 2. The van der Waals surface area contributed by atoms with Gasteiger partial charge in [-0.1, -0.05) is 6.07 Å². The van der Waals surface area contributed by atoms with Crippen LogP contribution in [-0.2, 0) is 22.6 Å². The Kier molecular flexibility index (Phi) is 6.60. The van der Waals surface area contributed by atoms with E-state index in [4.69, 9.17) is 9.47 Å². The Hall–Kier alpha value is -3.07. The van der Waals surface area contributed by atoms with Crippen LogP contribution in [0.25, 0.3) is 0 Å². The van der Waals surface area contributed by atoms with Crippen LogP contribution in [0, 0.1) is 5.92 Å². The summed E-state index contributed by atoms with van der Waals surface area (Å²) in [6.07, 6.45) is 1.59. The van der Waals surface area contributed by atoms with Crippen LogP contribution in [-0.4, -0.2) is 60.5 Å². The molecule has 176 valence electrons. The number of carbonyl (C=O) groups excluding carboxylic acids is 3. The molecule has 0 radical (unpaired) electrons. The molecule has 2 aromatic rings. The van der Waals surface area contributed by atoms with E-state index in [9.17, 15) is 14.4 Å². The monoisotopic (exact) mass is 471 g/mol. The molecular weight excluding hydrogens is 442 g/mol. The van der Waals surface area contributed by atoms with Crippen molar-refractivity contribution < 1.29 is 23.9 Å². The number of amides is 4. The molecule has 1 aromatic heterocycles. The number of likely N-dealkylation sites (tertiary alicyclic amines) is 1. The van der Waals surface area contributed by atoms with Crippen LogP contribution < -0.4 is 14.8 Å². The number of nitrogens with one attached hydrogen (secondary N) is 1. The molecule has 9 heteroatoms. The first-order valence-electron chi connectivity index (χ1n) is 11.0. The SMILES string of the molecule is COc1ccc(CC(=O)N2CCC([C@]3(C)NC(=O)N(Cc4ccsc4)C3=O)CC2)cc1OC. The summed E-state index contributed by atoms with van der Waals surface area (Å²) in [5.41, 5.74) is 0.864. The summed E-state index contributed by atoms with van der Waals surface area (Å²) >= 11 is 1.54. The highest BCUT2D eigenvalue weighted by Crippen LogP contribution is 2.34. The fourth-order valence-corrected chi connectivity index (χ4v) is 5.34. The number of imide groups is 1. The van der Waals surface area contributed by atoms with E-state index in [2.05, 4.69) is 5.32 Å². The summed E-state index contributed by atoms with van der Waals surface area (Å²) in [7, 11) is 3.14. The maximum atomic E-state index is 13.2.